The highest BCUT2D eigenvalue weighted by Crippen LogP contribution is 2.29. The Morgan fingerprint density at radius 3 is 2.46 bits per heavy atom. The molecule has 1 heterocycles. The summed E-state index contributed by atoms with van der Waals surface area (Å²) < 4.78 is 1.10. The molecule has 1 fully saturated rings. The van der Waals surface area contributed by atoms with Gasteiger partial charge < -0.3 is 10.6 Å². The van der Waals surface area contributed by atoms with E-state index < -0.39 is 0 Å². The van der Waals surface area contributed by atoms with Crippen molar-refractivity contribution in [1.82, 2.24) is 9.97 Å². The average molecular weight is 505 g/mol. The minimum Gasteiger partial charge on any atom is -0.351 e. The molecule has 0 atom stereocenters. The van der Waals surface area contributed by atoms with E-state index >= 15 is 0 Å². The van der Waals surface area contributed by atoms with Crippen LogP contribution in [0.1, 0.15) is 32.1 Å². The number of halogens is 2. The van der Waals surface area contributed by atoms with Crippen molar-refractivity contribution >= 4 is 51.6 Å². The molecule has 0 saturated heterocycles. The quantitative estimate of drug-likeness (QED) is 0.372. The van der Waals surface area contributed by atoms with Crippen molar-refractivity contribution in [3.63, 3.8) is 0 Å². The zero-order valence-electron chi connectivity index (χ0n) is 15.5. The molecule has 1 aliphatic rings. The molecule has 4 rings (SSSR count). The van der Waals surface area contributed by atoms with Crippen molar-refractivity contribution in [2.75, 3.05) is 10.6 Å². The Labute approximate surface area is 184 Å². The molecule has 28 heavy (non-hydrogen) atoms. The van der Waals surface area contributed by atoms with Crippen LogP contribution in [0.4, 0.5) is 17.5 Å². The van der Waals surface area contributed by atoms with Crippen LogP contribution in [0.3, 0.4) is 0 Å². The normalized spacial score (nSPS) is 14.6. The molecule has 2 N–H and O–H groups in total. The van der Waals surface area contributed by atoms with Crippen LogP contribution in [-0.2, 0) is 0 Å². The molecule has 1 aliphatic carbocycles. The summed E-state index contributed by atoms with van der Waals surface area (Å²) in [7, 11) is 0. The molecule has 0 unspecified atom stereocenters. The molecule has 2 aromatic carbocycles. The molecular weight excluding hydrogens is 483 g/mol. The Kier molecular flexibility index (Phi) is 6.32. The standard InChI is InChI=1S/C22H22ClIN4/c23-18-13-16(24)11-12-19(18)26-21-14-20(15-7-3-1-4-8-15)27-22(28-21)25-17-9-5-2-6-10-17/h1,3-4,7-8,11-14,17H,2,5-6,9-10H2,(H2,25,26,27,28). The average Bonchev–Trinajstić information content (AvgIpc) is 2.71. The summed E-state index contributed by atoms with van der Waals surface area (Å²) >= 11 is 8.66. The highest BCUT2D eigenvalue weighted by atomic mass is 127. The van der Waals surface area contributed by atoms with Crippen LogP contribution in [0.15, 0.2) is 54.6 Å². The number of aromatic nitrogens is 2. The van der Waals surface area contributed by atoms with Gasteiger partial charge in [0.15, 0.2) is 0 Å². The Hall–Kier alpha value is -1.86. The monoisotopic (exact) mass is 504 g/mol. The fourth-order valence-electron chi connectivity index (χ4n) is 3.49. The van der Waals surface area contributed by atoms with Gasteiger partial charge in [-0.05, 0) is 53.6 Å². The van der Waals surface area contributed by atoms with Gasteiger partial charge in [-0.2, -0.15) is 4.98 Å². The predicted molar refractivity (Wildman–Crippen MR) is 125 cm³/mol. The first-order chi connectivity index (χ1) is 13.7. The van der Waals surface area contributed by atoms with Gasteiger partial charge >= 0.3 is 0 Å². The van der Waals surface area contributed by atoms with Crippen LogP contribution in [0.25, 0.3) is 11.3 Å². The van der Waals surface area contributed by atoms with Gasteiger partial charge in [-0.1, -0.05) is 61.2 Å². The van der Waals surface area contributed by atoms with Gasteiger partial charge in [-0.25, -0.2) is 4.98 Å². The first kappa shape index (κ1) is 19.5. The van der Waals surface area contributed by atoms with E-state index in [4.69, 9.17) is 21.6 Å². The van der Waals surface area contributed by atoms with E-state index in [0.29, 0.717) is 17.0 Å². The van der Waals surface area contributed by atoms with Crippen LogP contribution >= 0.6 is 34.2 Å². The van der Waals surface area contributed by atoms with E-state index in [1.54, 1.807) is 0 Å². The van der Waals surface area contributed by atoms with Crippen LogP contribution < -0.4 is 10.6 Å². The van der Waals surface area contributed by atoms with Crippen LogP contribution in [-0.4, -0.2) is 16.0 Å². The molecule has 3 aromatic rings. The van der Waals surface area contributed by atoms with Crippen molar-refractivity contribution in [3.05, 3.63) is 63.2 Å². The van der Waals surface area contributed by atoms with Crippen LogP contribution in [0, 0.1) is 3.57 Å². The van der Waals surface area contributed by atoms with Gasteiger partial charge in [0.05, 0.1) is 16.4 Å². The number of benzene rings is 2. The smallest absolute Gasteiger partial charge is 0.225 e. The van der Waals surface area contributed by atoms with Crippen molar-refractivity contribution in [3.8, 4) is 11.3 Å². The molecule has 0 aliphatic heterocycles. The Bertz CT molecular complexity index is 943. The van der Waals surface area contributed by atoms with Crippen molar-refractivity contribution in [2.24, 2.45) is 0 Å². The van der Waals surface area contributed by atoms with Crippen LogP contribution in [0.5, 0.6) is 0 Å². The Morgan fingerprint density at radius 2 is 1.71 bits per heavy atom. The SMILES string of the molecule is Clc1cc(I)ccc1Nc1cc(-c2ccccc2)nc(NC2CCCCC2)n1. The summed E-state index contributed by atoms with van der Waals surface area (Å²) in [6.07, 6.45) is 6.19. The Morgan fingerprint density at radius 1 is 0.929 bits per heavy atom. The first-order valence-corrected chi connectivity index (χ1v) is 11.1. The lowest BCUT2D eigenvalue weighted by Crippen LogP contribution is -2.23. The molecule has 144 valence electrons. The van der Waals surface area contributed by atoms with E-state index in [9.17, 15) is 0 Å². The first-order valence-electron chi connectivity index (χ1n) is 9.60. The van der Waals surface area contributed by atoms with E-state index in [1.165, 1.54) is 32.1 Å². The number of rotatable bonds is 5. The minimum atomic E-state index is 0.439. The van der Waals surface area contributed by atoms with Gasteiger partial charge in [0, 0.05) is 21.2 Å². The summed E-state index contributed by atoms with van der Waals surface area (Å²) in [6.45, 7) is 0. The van der Waals surface area contributed by atoms with Gasteiger partial charge in [0.1, 0.15) is 5.82 Å². The second kappa shape index (κ2) is 9.09. The molecule has 1 aromatic heterocycles. The largest absolute Gasteiger partial charge is 0.351 e. The van der Waals surface area contributed by atoms with Gasteiger partial charge in [0.2, 0.25) is 5.95 Å². The third-order valence-corrected chi connectivity index (χ3v) is 5.91. The third-order valence-electron chi connectivity index (χ3n) is 4.93. The van der Waals surface area contributed by atoms with Crippen LogP contribution in [0.2, 0.25) is 5.02 Å². The van der Waals surface area contributed by atoms with E-state index in [2.05, 4.69) is 45.4 Å². The maximum Gasteiger partial charge on any atom is 0.225 e. The molecule has 0 spiro atoms. The lowest BCUT2D eigenvalue weighted by Gasteiger charge is -2.23. The number of anilines is 3. The van der Waals surface area contributed by atoms with Gasteiger partial charge in [0.25, 0.3) is 0 Å². The lowest BCUT2D eigenvalue weighted by atomic mass is 9.96. The second-order valence-electron chi connectivity index (χ2n) is 7.06. The third kappa shape index (κ3) is 4.94. The van der Waals surface area contributed by atoms with Crippen molar-refractivity contribution in [2.45, 2.75) is 38.1 Å². The maximum atomic E-state index is 6.41. The molecule has 4 nitrogen and oxygen atoms in total. The van der Waals surface area contributed by atoms with Crippen molar-refractivity contribution < 1.29 is 0 Å². The number of nitrogens with zero attached hydrogens (tertiary/aromatic N) is 2. The maximum absolute atomic E-state index is 6.41. The van der Waals surface area contributed by atoms with E-state index in [0.717, 1.165) is 26.3 Å². The van der Waals surface area contributed by atoms with E-state index in [1.807, 2.05) is 42.5 Å². The molecular formula is C22H22ClIN4. The zero-order valence-corrected chi connectivity index (χ0v) is 18.4. The summed E-state index contributed by atoms with van der Waals surface area (Å²) in [5.74, 6) is 1.40. The molecule has 1 saturated carbocycles. The molecule has 0 radical (unpaired) electrons. The molecule has 0 amide bonds. The summed E-state index contributed by atoms with van der Waals surface area (Å²) in [4.78, 5) is 9.50. The number of nitrogens with one attached hydrogen (secondary N) is 2. The minimum absolute atomic E-state index is 0.439. The lowest BCUT2D eigenvalue weighted by molar-refractivity contribution is 0.461. The number of hydrogen-bond acceptors (Lipinski definition) is 4. The van der Waals surface area contributed by atoms with Gasteiger partial charge in [-0.15, -0.1) is 0 Å². The fraction of sp³-hybridized carbons (Fsp3) is 0.273. The highest BCUT2D eigenvalue weighted by molar-refractivity contribution is 14.1. The Balaban J connectivity index is 1.66. The summed E-state index contributed by atoms with van der Waals surface area (Å²) in [5.41, 5.74) is 2.79. The topological polar surface area (TPSA) is 49.8 Å². The van der Waals surface area contributed by atoms with Gasteiger partial charge in [-0.3, -0.25) is 0 Å². The number of hydrogen-bond donors (Lipinski definition) is 2. The molecule has 0 bridgehead atoms. The predicted octanol–water partition coefficient (Wildman–Crippen LogP) is 6.89. The summed E-state index contributed by atoms with van der Waals surface area (Å²) in [6, 6.07) is 18.5. The fourth-order valence-corrected chi connectivity index (χ4v) is 4.39. The highest BCUT2D eigenvalue weighted by Gasteiger charge is 2.16. The zero-order chi connectivity index (χ0) is 19.3. The molecule has 6 heteroatoms. The summed E-state index contributed by atoms with van der Waals surface area (Å²) in [5, 5.41) is 7.58. The van der Waals surface area contributed by atoms with E-state index in [-0.39, 0.29) is 0 Å². The second-order valence-corrected chi connectivity index (χ2v) is 8.71. The van der Waals surface area contributed by atoms with Crippen molar-refractivity contribution in [1.29, 1.82) is 0 Å².